The summed E-state index contributed by atoms with van der Waals surface area (Å²) in [6.45, 7) is 0. The molecule has 0 aliphatic heterocycles. The zero-order valence-electron chi connectivity index (χ0n) is 11.1. The van der Waals surface area contributed by atoms with Crippen molar-refractivity contribution in [2.75, 3.05) is 17.3 Å². The van der Waals surface area contributed by atoms with Crippen molar-refractivity contribution in [3.8, 4) is 5.75 Å². The van der Waals surface area contributed by atoms with Crippen LogP contribution < -0.4 is 20.7 Å². The number of rotatable bonds is 5. The Hall–Kier alpha value is -2.32. The van der Waals surface area contributed by atoms with Crippen molar-refractivity contribution in [3.05, 3.63) is 48.3 Å². The lowest BCUT2D eigenvalue weighted by atomic mass is 10.3. The Morgan fingerprint density at radius 1 is 1.19 bits per heavy atom. The second-order valence-corrected chi connectivity index (χ2v) is 5.75. The van der Waals surface area contributed by atoms with Crippen LogP contribution in [0.3, 0.4) is 0 Å². The maximum Gasteiger partial charge on any atom is 0.264 e. The SMILES string of the molecule is COc1cc(NS(=O)(=O)c2ccccc2NN)ccc1F. The van der Waals surface area contributed by atoms with E-state index in [4.69, 9.17) is 10.6 Å². The van der Waals surface area contributed by atoms with Crippen molar-refractivity contribution in [1.82, 2.24) is 0 Å². The van der Waals surface area contributed by atoms with Crippen LogP contribution in [0.25, 0.3) is 0 Å². The molecular weight excluding hydrogens is 297 g/mol. The van der Waals surface area contributed by atoms with Crippen LogP contribution in [0.1, 0.15) is 0 Å². The molecule has 0 saturated heterocycles. The van der Waals surface area contributed by atoms with E-state index in [1.54, 1.807) is 12.1 Å². The van der Waals surface area contributed by atoms with E-state index in [2.05, 4.69) is 10.1 Å². The first-order valence-electron chi connectivity index (χ1n) is 5.90. The number of nitrogens with one attached hydrogen (secondary N) is 2. The molecule has 0 aliphatic rings. The molecule has 0 unspecified atom stereocenters. The summed E-state index contributed by atoms with van der Waals surface area (Å²) in [7, 11) is -2.57. The van der Waals surface area contributed by atoms with Gasteiger partial charge >= 0.3 is 0 Å². The van der Waals surface area contributed by atoms with Crippen LogP contribution in [-0.4, -0.2) is 15.5 Å². The Kier molecular flexibility index (Phi) is 4.29. The number of hydrogen-bond donors (Lipinski definition) is 3. The fraction of sp³-hybridized carbons (Fsp3) is 0.0769. The number of nitrogen functional groups attached to an aromatic ring is 1. The molecule has 0 bridgehead atoms. The summed E-state index contributed by atoms with van der Waals surface area (Å²) in [4.78, 5) is -0.0178. The topological polar surface area (TPSA) is 93.4 Å². The summed E-state index contributed by atoms with van der Waals surface area (Å²) in [6, 6.07) is 9.82. The van der Waals surface area contributed by atoms with Crippen LogP contribution in [0.4, 0.5) is 15.8 Å². The number of methoxy groups -OCH3 is 1. The second kappa shape index (κ2) is 5.98. The zero-order chi connectivity index (χ0) is 15.5. The first kappa shape index (κ1) is 15.1. The van der Waals surface area contributed by atoms with Crippen LogP contribution in [0, 0.1) is 5.82 Å². The normalized spacial score (nSPS) is 11.0. The highest BCUT2D eigenvalue weighted by Crippen LogP contribution is 2.26. The molecule has 0 saturated carbocycles. The highest BCUT2D eigenvalue weighted by atomic mass is 32.2. The molecule has 4 N–H and O–H groups in total. The molecule has 6 nitrogen and oxygen atoms in total. The standard InChI is InChI=1S/C13H14FN3O3S/c1-20-12-8-9(6-7-10(12)14)17-21(18,19)13-5-3-2-4-11(13)16-15/h2-8,16-17H,15H2,1H3. The number of benzene rings is 2. The molecule has 0 heterocycles. The quantitative estimate of drug-likeness (QED) is 0.579. The van der Waals surface area contributed by atoms with E-state index in [0.29, 0.717) is 0 Å². The minimum atomic E-state index is -3.86. The molecule has 0 amide bonds. The van der Waals surface area contributed by atoms with Crippen LogP contribution in [0.2, 0.25) is 0 Å². The summed E-state index contributed by atoms with van der Waals surface area (Å²) in [5.41, 5.74) is 2.75. The van der Waals surface area contributed by atoms with E-state index in [1.165, 1.54) is 31.4 Å². The number of ether oxygens (including phenoxy) is 1. The van der Waals surface area contributed by atoms with Gasteiger partial charge in [0.15, 0.2) is 11.6 Å². The smallest absolute Gasteiger partial charge is 0.264 e. The van der Waals surface area contributed by atoms with Crippen LogP contribution in [0.15, 0.2) is 47.4 Å². The molecule has 0 atom stereocenters. The second-order valence-electron chi connectivity index (χ2n) is 4.10. The Labute approximate surface area is 121 Å². The lowest BCUT2D eigenvalue weighted by molar-refractivity contribution is 0.387. The fourth-order valence-corrected chi connectivity index (χ4v) is 2.98. The van der Waals surface area contributed by atoms with Gasteiger partial charge in [0.25, 0.3) is 10.0 Å². The maximum atomic E-state index is 13.3. The van der Waals surface area contributed by atoms with Crippen molar-refractivity contribution in [3.63, 3.8) is 0 Å². The van der Waals surface area contributed by atoms with E-state index in [1.807, 2.05) is 0 Å². The molecule has 0 aliphatic carbocycles. The van der Waals surface area contributed by atoms with Crippen LogP contribution in [-0.2, 0) is 10.0 Å². The highest BCUT2D eigenvalue weighted by molar-refractivity contribution is 7.92. The van der Waals surface area contributed by atoms with Gasteiger partial charge in [-0.3, -0.25) is 10.6 Å². The third-order valence-corrected chi connectivity index (χ3v) is 4.17. The number of para-hydroxylation sites is 1. The summed E-state index contributed by atoms with van der Waals surface area (Å²) in [5.74, 6) is 4.66. The number of nitrogens with two attached hydrogens (primary N) is 1. The Balaban J connectivity index is 2.37. The van der Waals surface area contributed by atoms with Gasteiger partial charge in [0.2, 0.25) is 0 Å². The van der Waals surface area contributed by atoms with Gasteiger partial charge in [-0.05, 0) is 24.3 Å². The van der Waals surface area contributed by atoms with Crippen molar-refractivity contribution in [2.45, 2.75) is 4.90 Å². The van der Waals surface area contributed by atoms with Gasteiger partial charge in [-0.1, -0.05) is 12.1 Å². The number of anilines is 2. The average Bonchev–Trinajstić information content (AvgIpc) is 2.49. The van der Waals surface area contributed by atoms with Crippen LogP contribution in [0.5, 0.6) is 5.75 Å². The molecular formula is C13H14FN3O3S. The van der Waals surface area contributed by atoms with Gasteiger partial charge in [-0.2, -0.15) is 0 Å². The molecule has 8 heteroatoms. The van der Waals surface area contributed by atoms with Crippen molar-refractivity contribution < 1.29 is 17.5 Å². The lowest BCUT2D eigenvalue weighted by Crippen LogP contribution is -2.17. The summed E-state index contributed by atoms with van der Waals surface area (Å²) in [6.07, 6.45) is 0. The van der Waals surface area contributed by atoms with E-state index < -0.39 is 15.8 Å². The Bertz CT molecular complexity index is 750. The van der Waals surface area contributed by atoms with E-state index in [0.717, 1.165) is 6.07 Å². The Morgan fingerprint density at radius 2 is 1.90 bits per heavy atom. The van der Waals surface area contributed by atoms with Crippen LogP contribution >= 0.6 is 0 Å². The first-order valence-corrected chi connectivity index (χ1v) is 7.38. The monoisotopic (exact) mass is 311 g/mol. The molecule has 0 fully saturated rings. The van der Waals surface area contributed by atoms with Gasteiger partial charge in [0.1, 0.15) is 4.90 Å². The molecule has 0 spiro atoms. The summed E-state index contributed by atoms with van der Waals surface area (Å²) < 4.78 is 45.1. The molecule has 112 valence electrons. The molecule has 21 heavy (non-hydrogen) atoms. The predicted octanol–water partition coefficient (Wildman–Crippen LogP) is 1.92. The van der Waals surface area contributed by atoms with Gasteiger partial charge in [0.05, 0.1) is 18.5 Å². The fourth-order valence-electron chi connectivity index (χ4n) is 1.75. The third-order valence-electron chi connectivity index (χ3n) is 2.74. The van der Waals surface area contributed by atoms with Gasteiger partial charge < -0.3 is 10.2 Å². The largest absolute Gasteiger partial charge is 0.494 e. The van der Waals surface area contributed by atoms with E-state index in [9.17, 15) is 12.8 Å². The minimum absolute atomic E-state index is 0.0178. The Morgan fingerprint density at radius 3 is 2.57 bits per heavy atom. The molecule has 2 rings (SSSR count). The number of hydrogen-bond acceptors (Lipinski definition) is 5. The predicted molar refractivity (Wildman–Crippen MR) is 78.0 cm³/mol. The third kappa shape index (κ3) is 3.23. The lowest BCUT2D eigenvalue weighted by Gasteiger charge is -2.12. The highest BCUT2D eigenvalue weighted by Gasteiger charge is 2.18. The number of hydrazine groups is 1. The molecule has 2 aromatic rings. The molecule has 2 aromatic carbocycles. The van der Waals surface area contributed by atoms with E-state index >= 15 is 0 Å². The average molecular weight is 311 g/mol. The van der Waals surface area contributed by atoms with Gasteiger partial charge in [-0.25, -0.2) is 12.8 Å². The van der Waals surface area contributed by atoms with Crippen molar-refractivity contribution >= 4 is 21.4 Å². The summed E-state index contributed by atoms with van der Waals surface area (Å²) in [5, 5.41) is 0. The maximum absolute atomic E-state index is 13.3. The summed E-state index contributed by atoms with van der Waals surface area (Å²) >= 11 is 0. The van der Waals surface area contributed by atoms with E-state index in [-0.39, 0.29) is 22.0 Å². The minimum Gasteiger partial charge on any atom is -0.494 e. The van der Waals surface area contributed by atoms with Crippen molar-refractivity contribution in [1.29, 1.82) is 0 Å². The van der Waals surface area contributed by atoms with Gasteiger partial charge in [0, 0.05) is 6.07 Å². The number of halogens is 1. The zero-order valence-corrected chi connectivity index (χ0v) is 11.9. The van der Waals surface area contributed by atoms with Crippen molar-refractivity contribution in [2.24, 2.45) is 5.84 Å². The van der Waals surface area contributed by atoms with Gasteiger partial charge in [-0.15, -0.1) is 0 Å². The molecule has 0 aromatic heterocycles. The first-order chi connectivity index (χ1) is 9.97. The number of sulfonamides is 1. The molecule has 0 radical (unpaired) electrons.